The fraction of sp³-hybridized carbons (Fsp3) is 0.385. The molecule has 0 unspecified atom stereocenters. The minimum absolute atomic E-state index is 0.0913. The van der Waals surface area contributed by atoms with Crippen LogP contribution in [0.25, 0.3) is 0 Å². The van der Waals surface area contributed by atoms with Gasteiger partial charge in [0.1, 0.15) is 5.76 Å². The van der Waals surface area contributed by atoms with Crippen LogP contribution in [0.2, 0.25) is 0 Å². The van der Waals surface area contributed by atoms with Crippen LogP contribution in [-0.2, 0) is 11.2 Å². The number of carbonyl (C=O) groups excluding carboxylic acids is 1. The summed E-state index contributed by atoms with van der Waals surface area (Å²) in [6.45, 7) is 7.37. The monoisotopic (exact) mass is 324 g/mol. The molecule has 0 aliphatic heterocycles. The highest BCUT2D eigenvalue weighted by molar-refractivity contribution is 8.01. The van der Waals surface area contributed by atoms with Crippen molar-refractivity contribution >= 4 is 34.1 Å². The van der Waals surface area contributed by atoms with E-state index in [2.05, 4.69) is 27.2 Å². The first kappa shape index (κ1) is 15.7. The summed E-state index contributed by atoms with van der Waals surface area (Å²) in [5, 5.41) is 15.1. The molecule has 0 saturated heterocycles. The van der Waals surface area contributed by atoms with Gasteiger partial charge in [-0.3, -0.25) is 4.79 Å². The maximum atomic E-state index is 11.9. The van der Waals surface area contributed by atoms with Crippen molar-refractivity contribution in [1.29, 1.82) is 0 Å². The molecule has 1 N–H and O–H groups in total. The third-order valence-corrected chi connectivity index (χ3v) is 4.73. The Labute approximate surface area is 131 Å². The maximum absolute atomic E-state index is 11.9. The third kappa shape index (κ3) is 4.40. The van der Waals surface area contributed by atoms with Crippen molar-refractivity contribution in [3.05, 3.63) is 29.7 Å². The molecule has 2 rings (SSSR count). The summed E-state index contributed by atoms with van der Waals surface area (Å²) in [6, 6.07) is 0. The van der Waals surface area contributed by atoms with Crippen LogP contribution >= 0.6 is 23.1 Å². The molecule has 0 atom stereocenters. The number of nitrogens with one attached hydrogen (secondary N) is 1. The highest BCUT2D eigenvalue weighted by atomic mass is 32.2. The minimum atomic E-state index is -0.0913. The lowest BCUT2D eigenvalue weighted by Gasteiger charge is -2.01. The molecule has 6 nitrogen and oxygen atoms in total. The van der Waals surface area contributed by atoms with Crippen LogP contribution in [0.5, 0.6) is 0 Å². The summed E-state index contributed by atoms with van der Waals surface area (Å²) in [7, 11) is 0. The first-order valence-electron chi connectivity index (χ1n) is 6.39. The molecule has 0 aromatic carbocycles. The van der Waals surface area contributed by atoms with Gasteiger partial charge in [-0.15, -0.1) is 16.8 Å². The van der Waals surface area contributed by atoms with Crippen molar-refractivity contribution in [3.63, 3.8) is 0 Å². The molecule has 8 heteroatoms. The average Bonchev–Trinajstić information content (AvgIpc) is 3.02. The van der Waals surface area contributed by atoms with Gasteiger partial charge in [-0.2, -0.15) is 0 Å². The van der Waals surface area contributed by atoms with Crippen LogP contribution in [0, 0.1) is 13.8 Å². The van der Waals surface area contributed by atoms with Gasteiger partial charge in [0.2, 0.25) is 11.0 Å². The van der Waals surface area contributed by atoms with Crippen molar-refractivity contribution in [3.8, 4) is 0 Å². The van der Waals surface area contributed by atoms with E-state index in [4.69, 9.17) is 4.52 Å². The number of hydrogen-bond acceptors (Lipinski definition) is 7. The van der Waals surface area contributed by atoms with Crippen molar-refractivity contribution < 1.29 is 9.32 Å². The molecule has 0 spiro atoms. The predicted octanol–water partition coefficient (Wildman–Crippen LogP) is 2.99. The maximum Gasteiger partial charge on any atom is 0.226 e. The summed E-state index contributed by atoms with van der Waals surface area (Å²) >= 11 is 2.90. The molecular weight excluding hydrogens is 308 g/mol. The molecule has 0 fully saturated rings. The van der Waals surface area contributed by atoms with Gasteiger partial charge in [0.25, 0.3) is 0 Å². The van der Waals surface area contributed by atoms with Gasteiger partial charge in [-0.1, -0.05) is 34.3 Å². The van der Waals surface area contributed by atoms with E-state index >= 15 is 0 Å². The Kier molecular flexibility index (Phi) is 5.51. The zero-order valence-electron chi connectivity index (χ0n) is 11.9. The molecule has 0 saturated carbocycles. The number of amides is 1. The molecule has 0 aliphatic rings. The lowest BCUT2D eigenvalue weighted by molar-refractivity contribution is -0.116. The van der Waals surface area contributed by atoms with Crippen molar-refractivity contribution in [2.24, 2.45) is 0 Å². The highest BCUT2D eigenvalue weighted by Gasteiger charge is 2.12. The summed E-state index contributed by atoms with van der Waals surface area (Å²) in [4.78, 5) is 11.9. The molecule has 112 valence electrons. The van der Waals surface area contributed by atoms with E-state index in [9.17, 15) is 4.79 Å². The van der Waals surface area contributed by atoms with Crippen LogP contribution in [0.15, 0.2) is 21.5 Å². The van der Waals surface area contributed by atoms with E-state index in [1.807, 2.05) is 13.8 Å². The van der Waals surface area contributed by atoms with E-state index in [0.29, 0.717) is 18.0 Å². The first-order valence-corrected chi connectivity index (χ1v) is 8.19. The molecule has 21 heavy (non-hydrogen) atoms. The van der Waals surface area contributed by atoms with Gasteiger partial charge in [-0.25, -0.2) is 0 Å². The molecule has 0 radical (unpaired) electrons. The third-order valence-electron chi connectivity index (χ3n) is 2.76. The molecule has 2 heterocycles. The number of thioether (sulfide) groups is 1. The van der Waals surface area contributed by atoms with Crippen molar-refractivity contribution in [2.45, 2.75) is 31.0 Å². The van der Waals surface area contributed by atoms with Crippen molar-refractivity contribution in [2.75, 3.05) is 11.1 Å². The standard InChI is InChI=1S/C13H16N4O2S2/c1-4-7-20-13-16-15-12(21-13)14-11(18)6-5-10-8(2)17-19-9(10)3/h4H,1,5-7H2,2-3H3,(H,14,15,18). The van der Waals surface area contributed by atoms with Crippen LogP contribution in [0.3, 0.4) is 0 Å². The topological polar surface area (TPSA) is 80.9 Å². The Morgan fingerprint density at radius 2 is 2.29 bits per heavy atom. The van der Waals surface area contributed by atoms with E-state index < -0.39 is 0 Å². The van der Waals surface area contributed by atoms with Gasteiger partial charge >= 0.3 is 0 Å². The van der Waals surface area contributed by atoms with Crippen LogP contribution in [-0.4, -0.2) is 27.0 Å². The van der Waals surface area contributed by atoms with Crippen LogP contribution in [0.4, 0.5) is 5.13 Å². The zero-order valence-corrected chi connectivity index (χ0v) is 13.5. The minimum Gasteiger partial charge on any atom is -0.361 e. The molecule has 2 aromatic rings. The fourth-order valence-electron chi connectivity index (χ4n) is 1.73. The lowest BCUT2D eigenvalue weighted by Crippen LogP contribution is -2.12. The number of aryl methyl sites for hydroxylation is 2. The summed E-state index contributed by atoms with van der Waals surface area (Å²) in [5.41, 5.74) is 1.82. The molecule has 1 amide bonds. The Bertz CT molecular complexity index is 616. The van der Waals surface area contributed by atoms with Gasteiger partial charge in [0.15, 0.2) is 4.34 Å². The van der Waals surface area contributed by atoms with Crippen LogP contribution < -0.4 is 5.32 Å². The SMILES string of the molecule is C=CCSc1nnc(NC(=O)CCc2c(C)noc2C)s1. The molecule has 0 aliphatic carbocycles. The van der Waals surface area contributed by atoms with Gasteiger partial charge in [0, 0.05) is 17.7 Å². The number of rotatable bonds is 7. The molecule has 2 aromatic heterocycles. The summed E-state index contributed by atoms with van der Waals surface area (Å²) < 4.78 is 5.89. The fourth-order valence-corrected chi connectivity index (χ4v) is 3.26. The Hall–Kier alpha value is -1.67. The van der Waals surface area contributed by atoms with E-state index in [1.165, 1.54) is 23.1 Å². The largest absolute Gasteiger partial charge is 0.361 e. The number of aromatic nitrogens is 3. The van der Waals surface area contributed by atoms with E-state index in [0.717, 1.165) is 27.1 Å². The second-order valence-electron chi connectivity index (χ2n) is 4.32. The lowest BCUT2D eigenvalue weighted by atomic mass is 10.1. The smallest absolute Gasteiger partial charge is 0.226 e. The second-order valence-corrected chi connectivity index (χ2v) is 6.57. The Balaban J connectivity index is 1.84. The molecular formula is C13H16N4O2S2. The zero-order chi connectivity index (χ0) is 15.2. The average molecular weight is 324 g/mol. The summed E-state index contributed by atoms with van der Waals surface area (Å²) in [6.07, 6.45) is 2.76. The molecule has 0 bridgehead atoms. The predicted molar refractivity (Wildman–Crippen MR) is 83.8 cm³/mol. The Morgan fingerprint density at radius 1 is 1.48 bits per heavy atom. The summed E-state index contributed by atoms with van der Waals surface area (Å²) in [5.74, 6) is 1.44. The number of carbonyl (C=O) groups is 1. The van der Waals surface area contributed by atoms with Gasteiger partial charge in [-0.05, 0) is 20.3 Å². The number of hydrogen-bond donors (Lipinski definition) is 1. The van der Waals surface area contributed by atoms with Crippen molar-refractivity contribution in [1.82, 2.24) is 15.4 Å². The first-order chi connectivity index (χ1) is 10.1. The van der Waals surface area contributed by atoms with E-state index in [-0.39, 0.29) is 5.91 Å². The normalized spacial score (nSPS) is 10.6. The van der Waals surface area contributed by atoms with Gasteiger partial charge < -0.3 is 9.84 Å². The van der Waals surface area contributed by atoms with Gasteiger partial charge in [0.05, 0.1) is 5.69 Å². The second kappa shape index (κ2) is 7.37. The Morgan fingerprint density at radius 3 is 2.95 bits per heavy atom. The van der Waals surface area contributed by atoms with E-state index in [1.54, 1.807) is 6.08 Å². The quantitative estimate of drug-likeness (QED) is 0.479. The number of nitrogens with zero attached hydrogens (tertiary/aromatic N) is 3. The van der Waals surface area contributed by atoms with Crippen LogP contribution in [0.1, 0.15) is 23.4 Å². The number of anilines is 1. The highest BCUT2D eigenvalue weighted by Crippen LogP contribution is 2.25.